The molecule has 1 aliphatic heterocycles. The molecule has 7 nitrogen and oxygen atoms in total. The Morgan fingerprint density at radius 2 is 2.08 bits per heavy atom. The maximum atomic E-state index is 12.7. The molecule has 7 heteroatoms. The van der Waals surface area contributed by atoms with Crippen molar-refractivity contribution >= 4 is 5.91 Å². The molecule has 1 fully saturated rings. The van der Waals surface area contributed by atoms with E-state index >= 15 is 0 Å². The Morgan fingerprint density at radius 3 is 2.81 bits per heavy atom. The van der Waals surface area contributed by atoms with Crippen molar-refractivity contribution in [3.8, 4) is 0 Å². The van der Waals surface area contributed by atoms with Gasteiger partial charge >= 0.3 is 0 Å². The number of carbonyl (C=O) groups excluding carboxylic acids is 1. The van der Waals surface area contributed by atoms with Crippen molar-refractivity contribution in [3.63, 3.8) is 0 Å². The molecule has 1 aliphatic rings. The highest BCUT2D eigenvalue weighted by Crippen LogP contribution is 2.20. The normalized spacial score (nSPS) is 17.5. The molecule has 0 bridgehead atoms. The van der Waals surface area contributed by atoms with Crippen LogP contribution in [0.25, 0.3) is 0 Å². The molecule has 1 amide bonds. The van der Waals surface area contributed by atoms with Gasteiger partial charge < -0.3 is 4.90 Å². The van der Waals surface area contributed by atoms with E-state index in [9.17, 15) is 4.79 Å². The maximum absolute atomic E-state index is 12.7. The van der Waals surface area contributed by atoms with Crippen LogP contribution >= 0.6 is 0 Å². The van der Waals surface area contributed by atoms with Crippen LogP contribution in [0.1, 0.15) is 61.4 Å². The van der Waals surface area contributed by atoms with Gasteiger partial charge in [-0.05, 0) is 31.6 Å². The molecule has 0 spiro atoms. The summed E-state index contributed by atoms with van der Waals surface area (Å²) in [5.41, 5.74) is 1.63. The smallest absolute Gasteiger partial charge is 0.257 e. The third kappa shape index (κ3) is 4.65. The van der Waals surface area contributed by atoms with E-state index in [2.05, 4.69) is 27.2 Å². The molecule has 2 aromatic heterocycles. The zero-order valence-electron chi connectivity index (χ0n) is 15.8. The number of piperidine rings is 1. The Hall–Kier alpha value is -2.31. The Kier molecular flexibility index (Phi) is 6.30. The summed E-state index contributed by atoms with van der Waals surface area (Å²) in [5.74, 6) is 1.20. The molecular formula is C19H28N6O. The van der Waals surface area contributed by atoms with Crippen molar-refractivity contribution in [2.75, 3.05) is 13.1 Å². The SMILES string of the molecule is CCCCc1cn(C[C@@H]2CCCN(C(=O)c3cnc(CC)nc3)C2)nn1. The first kappa shape index (κ1) is 18.5. The molecule has 140 valence electrons. The second kappa shape index (κ2) is 8.87. The lowest BCUT2D eigenvalue weighted by Gasteiger charge is -2.32. The third-order valence-electron chi connectivity index (χ3n) is 4.89. The summed E-state index contributed by atoms with van der Waals surface area (Å²) in [7, 11) is 0. The minimum absolute atomic E-state index is 0.0274. The highest BCUT2D eigenvalue weighted by atomic mass is 16.2. The van der Waals surface area contributed by atoms with E-state index in [0.29, 0.717) is 11.5 Å². The van der Waals surface area contributed by atoms with Gasteiger partial charge in [0.05, 0.1) is 11.3 Å². The zero-order chi connectivity index (χ0) is 18.4. The minimum atomic E-state index is 0.0274. The van der Waals surface area contributed by atoms with Gasteiger partial charge in [0.25, 0.3) is 5.91 Å². The molecule has 1 saturated heterocycles. The predicted octanol–water partition coefficient (Wildman–Crippen LogP) is 2.53. The maximum Gasteiger partial charge on any atom is 0.257 e. The first-order valence-corrected chi connectivity index (χ1v) is 9.68. The number of nitrogens with zero attached hydrogens (tertiary/aromatic N) is 6. The van der Waals surface area contributed by atoms with Gasteiger partial charge in [0.2, 0.25) is 0 Å². The molecule has 0 saturated carbocycles. The van der Waals surface area contributed by atoms with Gasteiger partial charge in [-0.1, -0.05) is 25.5 Å². The summed E-state index contributed by atoms with van der Waals surface area (Å²) in [6, 6.07) is 0. The molecule has 0 unspecified atom stereocenters. The molecule has 2 aromatic rings. The number of rotatable bonds is 7. The topological polar surface area (TPSA) is 76.8 Å². The lowest BCUT2D eigenvalue weighted by molar-refractivity contribution is 0.0658. The molecule has 0 aromatic carbocycles. The van der Waals surface area contributed by atoms with E-state index in [0.717, 1.165) is 69.7 Å². The van der Waals surface area contributed by atoms with E-state index in [4.69, 9.17) is 0 Å². The average molecular weight is 356 g/mol. The first-order valence-electron chi connectivity index (χ1n) is 9.68. The summed E-state index contributed by atoms with van der Waals surface area (Å²) in [6.07, 6.45) is 11.5. The van der Waals surface area contributed by atoms with Crippen LogP contribution in [0, 0.1) is 5.92 Å². The van der Waals surface area contributed by atoms with Crippen LogP contribution < -0.4 is 0 Å². The van der Waals surface area contributed by atoms with Crippen molar-refractivity contribution in [2.45, 2.75) is 58.9 Å². The first-order chi connectivity index (χ1) is 12.7. The van der Waals surface area contributed by atoms with Crippen molar-refractivity contribution in [1.29, 1.82) is 0 Å². The Balaban J connectivity index is 1.57. The summed E-state index contributed by atoms with van der Waals surface area (Å²) in [6.45, 7) is 6.54. The van der Waals surface area contributed by atoms with Gasteiger partial charge in [-0.2, -0.15) is 0 Å². The predicted molar refractivity (Wildman–Crippen MR) is 98.7 cm³/mol. The van der Waals surface area contributed by atoms with E-state index < -0.39 is 0 Å². The van der Waals surface area contributed by atoms with Gasteiger partial charge in [0, 0.05) is 44.6 Å². The number of unbranched alkanes of at least 4 members (excludes halogenated alkanes) is 1. The molecule has 1 atom stereocenters. The molecule has 26 heavy (non-hydrogen) atoms. The van der Waals surface area contributed by atoms with Crippen molar-refractivity contribution < 1.29 is 4.79 Å². The lowest BCUT2D eigenvalue weighted by Crippen LogP contribution is -2.41. The largest absolute Gasteiger partial charge is 0.338 e. The fourth-order valence-corrected chi connectivity index (χ4v) is 3.39. The summed E-state index contributed by atoms with van der Waals surface area (Å²) >= 11 is 0. The Bertz CT molecular complexity index is 711. The van der Waals surface area contributed by atoms with Crippen LogP contribution in [0.5, 0.6) is 0 Å². The molecular weight excluding hydrogens is 328 g/mol. The van der Waals surface area contributed by atoms with Crippen LogP contribution in [-0.2, 0) is 19.4 Å². The highest BCUT2D eigenvalue weighted by molar-refractivity contribution is 5.93. The van der Waals surface area contributed by atoms with E-state index in [1.165, 1.54) is 0 Å². The van der Waals surface area contributed by atoms with Crippen LogP contribution in [0.3, 0.4) is 0 Å². The fourth-order valence-electron chi connectivity index (χ4n) is 3.39. The monoisotopic (exact) mass is 356 g/mol. The van der Waals surface area contributed by atoms with Crippen LogP contribution in [0.4, 0.5) is 0 Å². The van der Waals surface area contributed by atoms with Gasteiger partial charge in [-0.15, -0.1) is 5.10 Å². The number of hydrogen-bond donors (Lipinski definition) is 0. The summed E-state index contributed by atoms with van der Waals surface area (Å²) in [5, 5.41) is 8.51. The number of amides is 1. The van der Waals surface area contributed by atoms with E-state index in [1.807, 2.05) is 22.7 Å². The third-order valence-corrected chi connectivity index (χ3v) is 4.89. The molecule has 0 aliphatic carbocycles. The second-order valence-corrected chi connectivity index (χ2v) is 7.04. The number of aromatic nitrogens is 5. The fraction of sp³-hybridized carbons (Fsp3) is 0.632. The average Bonchev–Trinajstić information content (AvgIpc) is 3.13. The van der Waals surface area contributed by atoms with Gasteiger partial charge in [0.15, 0.2) is 0 Å². The Morgan fingerprint density at radius 1 is 1.27 bits per heavy atom. The molecule has 3 heterocycles. The molecule has 0 radical (unpaired) electrons. The summed E-state index contributed by atoms with van der Waals surface area (Å²) in [4.78, 5) is 23.1. The molecule has 3 rings (SSSR count). The number of likely N-dealkylation sites (tertiary alicyclic amines) is 1. The zero-order valence-corrected chi connectivity index (χ0v) is 15.8. The van der Waals surface area contributed by atoms with Crippen LogP contribution in [0.2, 0.25) is 0 Å². The van der Waals surface area contributed by atoms with E-state index in [-0.39, 0.29) is 5.91 Å². The lowest BCUT2D eigenvalue weighted by atomic mass is 9.97. The highest BCUT2D eigenvalue weighted by Gasteiger charge is 2.25. The minimum Gasteiger partial charge on any atom is -0.338 e. The van der Waals surface area contributed by atoms with Gasteiger partial charge in [0.1, 0.15) is 5.82 Å². The van der Waals surface area contributed by atoms with Crippen molar-refractivity contribution in [3.05, 3.63) is 35.7 Å². The van der Waals surface area contributed by atoms with Crippen molar-refractivity contribution in [2.24, 2.45) is 5.92 Å². The number of aryl methyl sites for hydroxylation is 2. The number of hydrogen-bond acceptors (Lipinski definition) is 5. The Labute approximate surface area is 154 Å². The quantitative estimate of drug-likeness (QED) is 0.762. The van der Waals surface area contributed by atoms with Crippen molar-refractivity contribution in [1.82, 2.24) is 29.9 Å². The number of carbonyl (C=O) groups is 1. The summed E-state index contributed by atoms with van der Waals surface area (Å²) < 4.78 is 1.93. The standard InChI is InChI=1S/C19H28N6O/c1-3-5-8-17-14-25(23-22-17)13-15-7-6-9-24(12-15)19(26)16-10-20-18(4-2)21-11-16/h10-11,14-15H,3-9,12-13H2,1-2H3/t15-/m1/s1. The van der Waals surface area contributed by atoms with Crippen LogP contribution in [0.15, 0.2) is 18.6 Å². The second-order valence-electron chi connectivity index (χ2n) is 7.04. The van der Waals surface area contributed by atoms with Gasteiger partial charge in [-0.25, -0.2) is 9.97 Å². The van der Waals surface area contributed by atoms with E-state index in [1.54, 1.807) is 12.4 Å². The molecule has 0 N–H and O–H groups in total. The van der Waals surface area contributed by atoms with Crippen LogP contribution in [-0.4, -0.2) is 48.9 Å². The van der Waals surface area contributed by atoms with Gasteiger partial charge in [-0.3, -0.25) is 9.48 Å².